The van der Waals surface area contributed by atoms with E-state index in [1.54, 1.807) is 19.2 Å². The van der Waals surface area contributed by atoms with E-state index in [9.17, 15) is 9.90 Å². The molecule has 140 valence electrons. The molecule has 2 aromatic rings. The van der Waals surface area contributed by atoms with E-state index in [2.05, 4.69) is 17.4 Å². The summed E-state index contributed by atoms with van der Waals surface area (Å²) in [6, 6.07) is 17.4. The molecule has 0 aromatic heterocycles. The van der Waals surface area contributed by atoms with Crippen molar-refractivity contribution in [1.29, 1.82) is 0 Å². The third-order valence-electron chi connectivity index (χ3n) is 3.85. The van der Waals surface area contributed by atoms with Gasteiger partial charge in [0.25, 0.3) is 0 Å². The molecule has 1 amide bonds. The Morgan fingerprint density at radius 1 is 1.12 bits per heavy atom. The number of carbonyl (C=O) groups is 1. The van der Waals surface area contributed by atoms with Crippen molar-refractivity contribution in [3.8, 4) is 5.75 Å². The molecule has 0 aliphatic carbocycles. The number of hydrogen-bond donors (Lipinski definition) is 2. The molecule has 5 heteroatoms. The quantitative estimate of drug-likeness (QED) is 0.678. The van der Waals surface area contributed by atoms with Crippen molar-refractivity contribution in [2.45, 2.75) is 37.7 Å². The van der Waals surface area contributed by atoms with Crippen LogP contribution in [0.15, 0.2) is 54.6 Å². The first-order chi connectivity index (χ1) is 12.3. The monoisotopic (exact) mass is 421 g/mol. The number of aliphatic hydroxyl groups is 1. The molecule has 2 rings (SSSR count). The van der Waals surface area contributed by atoms with Gasteiger partial charge < -0.3 is 0 Å². The summed E-state index contributed by atoms with van der Waals surface area (Å²) in [5.41, 5.74) is 0.387. The van der Waals surface area contributed by atoms with Gasteiger partial charge >= 0.3 is 162 Å². The predicted octanol–water partition coefficient (Wildman–Crippen LogP) is 2.71. The van der Waals surface area contributed by atoms with Crippen molar-refractivity contribution < 1.29 is 14.6 Å². The number of ether oxygens (including phenoxy) is 1. The molecule has 0 heterocycles. The average Bonchev–Trinajstić information content (AvgIpc) is 2.61. The van der Waals surface area contributed by atoms with Crippen molar-refractivity contribution >= 4 is 25.3 Å². The second-order valence-corrected chi connectivity index (χ2v) is 9.48. The van der Waals surface area contributed by atoms with E-state index in [-0.39, 0.29) is 26.4 Å². The van der Waals surface area contributed by atoms with Gasteiger partial charge in [-0.3, -0.25) is 0 Å². The molecule has 0 unspecified atom stereocenters. The molecule has 0 bridgehead atoms. The van der Waals surface area contributed by atoms with Gasteiger partial charge in [0.05, 0.1) is 0 Å². The van der Waals surface area contributed by atoms with Gasteiger partial charge in [-0.1, -0.05) is 0 Å². The van der Waals surface area contributed by atoms with Crippen LogP contribution in [0, 0.1) is 5.92 Å². The van der Waals surface area contributed by atoms with Gasteiger partial charge in [-0.15, -0.1) is 0 Å². The van der Waals surface area contributed by atoms with Crippen LogP contribution < -0.4 is 14.5 Å². The molecule has 2 N–H and O–H groups in total. The zero-order chi connectivity index (χ0) is 19.2. The third-order valence-corrected chi connectivity index (χ3v) is 6.22. The van der Waals surface area contributed by atoms with Crippen LogP contribution in [0.2, 0.25) is 5.32 Å². The summed E-state index contributed by atoms with van der Waals surface area (Å²) in [7, 11) is 1.60. The standard InChI is InChI=1S/C21H27NO3Se/c1-21(2,3)22-20(24)18(14-26-17-8-6-5-7-9-17)19(23)15-10-12-16(25-4)13-11-15/h5-13,18-19,23H,14H2,1-4H3,(H,22,24)/t18-,19+/m1/s1. The SMILES string of the molecule is COc1ccc([C@H](O)[C@@H](C[Se]c2ccccc2)C(=O)NC(C)(C)C)cc1. The zero-order valence-electron chi connectivity index (χ0n) is 15.7. The molecule has 26 heavy (non-hydrogen) atoms. The minimum atomic E-state index is -0.853. The average molecular weight is 420 g/mol. The van der Waals surface area contributed by atoms with E-state index in [1.807, 2.05) is 51.1 Å². The first kappa shape index (κ1) is 20.5. The van der Waals surface area contributed by atoms with Gasteiger partial charge in [-0.2, -0.15) is 0 Å². The number of carbonyl (C=O) groups excluding carboxylic acids is 1. The number of nitrogens with one attached hydrogen (secondary N) is 1. The molecule has 0 radical (unpaired) electrons. The summed E-state index contributed by atoms with van der Waals surface area (Å²) in [6.07, 6.45) is -0.853. The summed E-state index contributed by atoms with van der Waals surface area (Å²) >= 11 is 0.106. The van der Waals surface area contributed by atoms with E-state index >= 15 is 0 Å². The topological polar surface area (TPSA) is 58.6 Å². The number of aliphatic hydroxyl groups excluding tert-OH is 1. The summed E-state index contributed by atoms with van der Waals surface area (Å²) in [5.74, 6) is 0.117. The van der Waals surface area contributed by atoms with Gasteiger partial charge in [0.15, 0.2) is 0 Å². The van der Waals surface area contributed by atoms with E-state index in [4.69, 9.17) is 4.74 Å². The van der Waals surface area contributed by atoms with Crippen molar-refractivity contribution in [2.75, 3.05) is 7.11 Å². The van der Waals surface area contributed by atoms with E-state index in [0.29, 0.717) is 5.32 Å². The summed E-state index contributed by atoms with van der Waals surface area (Å²) < 4.78 is 6.39. The number of hydrogen-bond acceptors (Lipinski definition) is 3. The van der Waals surface area contributed by atoms with Crippen LogP contribution in [-0.4, -0.2) is 38.6 Å². The molecule has 2 atom stereocenters. The van der Waals surface area contributed by atoms with Crippen LogP contribution in [0.5, 0.6) is 5.75 Å². The Morgan fingerprint density at radius 3 is 2.27 bits per heavy atom. The van der Waals surface area contributed by atoms with Gasteiger partial charge in [0.2, 0.25) is 0 Å². The first-order valence-corrected chi connectivity index (χ1v) is 10.7. The van der Waals surface area contributed by atoms with Crippen molar-refractivity contribution in [1.82, 2.24) is 5.32 Å². The van der Waals surface area contributed by atoms with Crippen LogP contribution in [0.3, 0.4) is 0 Å². The molecule has 0 aliphatic rings. The third kappa shape index (κ3) is 6.17. The van der Waals surface area contributed by atoms with Crippen LogP contribution in [0.1, 0.15) is 32.4 Å². The Hall–Kier alpha value is -1.81. The maximum absolute atomic E-state index is 12.8. The van der Waals surface area contributed by atoms with Gasteiger partial charge in [-0.05, 0) is 0 Å². The number of benzene rings is 2. The maximum atomic E-state index is 12.8. The molecule has 0 fully saturated rings. The minimum absolute atomic E-state index is 0.106. The van der Waals surface area contributed by atoms with Gasteiger partial charge in [-0.25, -0.2) is 0 Å². The van der Waals surface area contributed by atoms with Crippen molar-refractivity contribution in [3.05, 3.63) is 60.2 Å². The molecule has 4 nitrogen and oxygen atoms in total. The molecule has 0 spiro atoms. The summed E-state index contributed by atoms with van der Waals surface area (Å²) in [6.45, 7) is 5.85. The zero-order valence-corrected chi connectivity index (χ0v) is 17.4. The summed E-state index contributed by atoms with van der Waals surface area (Å²) in [5, 5.41) is 14.5. The number of amides is 1. The van der Waals surface area contributed by atoms with E-state index in [1.165, 1.54) is 4.46 Å². The Balaban J connectivity index is 2.18. The van der Waals surface area contributed by atoms with E-state index < -0.39 is 12.0 Å². The van der Waals surface area contributed by atoms with E-state index in [0.717, 1.165) is 11.3 Å². The van der Waals surface area contributed by atoms with Gasteiger partial charge in [0.1, 0.15) is 0 Å². The first-order valence-electron chi connectivity index (χ1n) is 8.62. The van der Waals surface area contributed by atoms with Crippen LogP contribution in [0.25, 0.3) is 0 Å². The molecule has 2 aromatic carbocycles. The predicted molar refractivity (Wildman–Crippen MR) is 106 cm³/mol. The second kappa shape index (κ2) is 9.22. The Kier molecular flexibility index (Phi) is 7.27. The summed E-state index contributed by atoms with van der Waals surface area (Å²) in [4.78, 5) is 12.8. The Morgan fingerprint density at radius 2 is 1.73 bits per heavy atom. The van der Waals surface area contributed by atoms with Crippen molar-refractivity contribution in [2.24, 2.45) is 5.92 Å². The fourth-order valence-electron chi connectivity index (χ4n) is 2.51. The Labute approximate surface area is 162 Å². The van der Waals surface area contributed by atoms with Crippen molar-refractivity contribution in [3.63, 3.8) is 0 Å². The molecule has 0 aliphatic heterocycles. The second-order valence-electron chi connectivity index (χ2n) is 7.19. The molecule has 0 saturated carbocycles. The Bertz CT molecular complexity index is 695. The fourth-order valence-corrected chi connectivity index (χ4v) is 4.72. The number of rotatable bonds is 7. The normalized spacial score (nSPS) is 13.7. The van der Waals surface area contributed by atoms with Crippen LogP contribution >= 0.6 is 0 Å². The number of methoxy groups -OCH3 is 1. The fraction of sp³-hybridized carbons (Fsp3) is 0.381. The van der Waals surface area contributed by atoms with Crippen LogP contribution in [-0.2, 0) is 4.79 Å². The molecular formula is C21H27NO3Se. The van der Waals surface area contributed by atoms with Crippen LogP contribution in [0.4, 0.5) is 0 Å². The van der Waals surface area contributed by atoms with Gasteiger partial charge in [0, 0.05) is 0 Å². The molecular weight excluding hydrogens is 393 g/mol. The molecule has 0 saturated heterocycles.